The number of aliphatic hydroxyl groups excluding tert-OH is 2. The number of carbonyl (C=O) groups is 3. The maximum Gasteiger partial charge on any atom is 0.334 e. The molecule has 0 radical (unpaired) electrons. The van der Waals surface area contributed by atoms with Crippen molar-refractivity contribution in [3.8, 4) is 29.1 Å². The molecule has 3 aliphatic heterocycles. The van der Waals surface area contributed by atoms with Gasteiger partial charge in [0.2, 0.25) is 0 Å². The van der Waals surface area contributed by atoms with E-state index in [-0.39, 0.29) is 73.2 Å². The summed E-state index contributed by atoms with van der Waals surface area (Å²) in [5.74, 6) is 3.04. The van der Waals surface area contributed by atoms with E-state index in [1.807, 2.05) is 25.1 Å². The molecule has 304 valence electrons. The first kappa shape index (κ1) is 39.9. The fourth-order valence-electron chi connectivity index (χ4n) is 10.5. The molecule has 8 rings (SSSR count). The van der Waals surface area contributed by atoms with Crippen molar-refractivity contribution < 1.29 is 49.4 Å². The van der Waals surface area contributed by atoms with Gasteiger partial charge in [0.25, 0.3) is 0 Å². The lowest BCUT2D eigenvalue weighted by Gasteiger charge is -2.45. The minimum Gasteiger partial charge on any atom is -0.508 e. The average Bonchev–Trinajstić information content (AvgIpc) is 3.71. The van der Waals surface area contributed by atoms with Gasteiger partial charge in [0, 0.05) is 47.3 Å². The summed E-state index contributed by atoms with van der Waals surface area (Å²) < 4.78 is 12.1. The molecular weight excluding hydrogens is 737 g/mol. The van der Waals surface area contributed by atoms with Gasteiger partial charge in [-0.15, -0.1) is 0 Å². The second-order valence-electron chi connectivity index (χ2n) is 17.3. The number of fused-ring (bicyclic) bond motifs is 9. The average molecular weight is 789 g/mol. The number of carbonyl (C=O) groups excluding carboxylic acids is 3. The third-order valence-electron chi connectivity index (χ3n) is 13.6. The highest BCUT2D eigenvalue weighted by Crippen LogP contribution is 2.48. The van der Waals surface area contributed by atoms with Crippen LogP contribution in [-0.2, 0) is 44.0 Å². The summed E-state index contributed by atoms with van der Waals surface area (Å²) in [5, 5.41) is 57.9. The van der Waals surface area contributed by atoms with Gasteiger partial charge in [-0.25, -0.2) is 4.79 Å². The van der Waals surface area contributed by atoms with Crippen LogP contribution in [0.2, 0.25) is 0 Å². The Morgan fingerprint density at radius 2 is 1.71 bits per heavy atom. The second-order valence-corrected chi connectivity index (χ2v) is 17.3. The molecule has 5 N–H and O–H groups in total. The molecule has 2 saturated carbocycles. The molecular formula is C48H52O10. The normalized spacial score (nSPS) is 29.3. The van der Waals surface area contributed by atoms with Crippen molar-refractivity contribution in [2.75, 3.05) is 0 Å². The SMILES string of the molecule is CCCC1(O)C2CCC(=O)C(Cc3cccc(c3)C3(CCCC3)C(O)C=C3CC(c4cc(O)cc(CO)c4)C#CC4CC(=O)Oc5cc(O)c(cc54)CC1OC3=O)C2. The fourth-order valence-corrected chi connectivity index (χ4v) is 10.5. The Balaban J connectivity index is 1.37. The Labute approximate surface area is 338 Å². The molecule has 0 saturated heterocycles. The Bertz CT molecular complexity index is 2200. The number of hydrogen-bond donors (Lipinski definition) is 5. The Morgan fingerprint density at radius 1 is 0.914 bits per heavy atom. The number of esters is 2. The zero-order valence-electron chi connectivity index (χ0n) is 32.9. The number of aromatic hydroxyl groups is 2. The van der Waals surface area contributed by atoms with Crippen LogP contribution in [-0.4, -0.2) is 61.1 Å². The topological polar surface area (TPSA) is 171 Å². The first-order chi connectivity index (χ1) is 27.9. The zero-order chi connectivity index (χ0) is 40.8. The molecule has 8 bridgehead atoms. The summed E-state index contributed by atoms with van der Waals surface area (Å²) in [6, 6.07) is 15.9. The molecule has 2 aliphatic carbocycles. The van der Waals surface area contributed by atoms with Crippen LogP contribution in [0.4, 0.5) is 0 Å². The first-order valence-corrected chi connectivity index (χ1v) is 20.8. The van der Waals surface area contributed by atoms with E-state index in [1.54, 1.807) is 18.2 Å². The molecule has 7 atom stereocenters. The van der Waals surface area contributed by atoms with Crippen molar-refractivity contribution in [3.05, 3.63) is 99.6 Å². The lowest BCUT2D eigenvalue weighted by Crippen LogP contribution is -2.54. The molecule has 58 heavy (non-hydrogen) atoms. The van der Waals surface area contributed by atoms with Gasteiger partial charge in [0.05, 0.1) is 25.0 Å². The van der Waals surface area contributed by atoms with Gasteiger partial charge in [-0.05, 0) is 103 Å². The van der Waals surface area contributed by atoms with Crippen LogP contribution in [0.5, 0.6) is 17.2 Å². The maximum absolute atomic E-state index is 15.1. The van der Waals surface area contributed by atoms with E-state index in [0.29, 0.717) is 60.8 Å². The van der Waals surface area contributed by atoms with Gasteiger partial charge in [0.15, 0.2) is 0 Å². The van der Waals surface area contributed by atoms with Crippen molar-refractivity contribution in [3.63, 3.8) is 0 Å². The molecule has 2 fully saturated rings. The predicted octanol–water partition coefficient (Wildman–Crippen LogP) is 6.50. The first-order valence-electron chi connectivity index (χ1n) is 20.8. The van der Waals surface area contributed by atoms with E-state index in [2.05, 4.69) is 17.9 Å². The van der Waals surface area contributed by atoms with E-state index in [1.165, 1.54) is 18.2 Å². The van der Waals surface area contributed by atoms with Gasteiger partial charge >= 0.3 is 11.9 Å². The number of ether oxygens (including phenoxy) is 2. The molecule has 7 unspecified atom stereocenters. The van der Waals surface area contributed by atoms with Crippen LogP contribution in [0, 0.1) is 23.7 Å². The number of phenolic OH excluding ortho intramolecular Hbond substituents is 2. The van der Waals surface area contributed by atoms with Crippen molar-refractivity contribution in [2.24, 2.45) is 11.8 Å². The highest BCUT2D eigenvalue weighted by Gasteiger charge is 2.50. The third-order valence-corrected chi connectivity index (χ3v) is 13.6. The number of ketones is 1. The Hall–Kier alpha value is -4.95. The van der Waals surface area contributed by atoms with E-state index in [4.69, 9.17) is 9.47 Å². The summed E-state index contributed by atoms with van der Waals surface area (Å²) in [4.78, 5) is 41.6. The quantitative estimate of drug-likeness (QED) is 0.112. The van der Waals surface area contributed by atoms with Gasteiger partial charge in [-0.1, -0.05) is 68.4 Å². The van der Waals surface area contributed by atoms with Crippen LogP contribution in [0.1, 0.15) is 123 Å². The highest BCUT2D eigenvalue weighted by atomic mass is 16.6. The van der Waals surface area contributed by atoms with Crippen LogP contribution in [0.15, 0.2) is 66.2 Å². The van der Waals surface area contributed by atoms with Crippen LogP contribution < -0.4 is 4.74 Å². The van der Waals surface area contributed by atoms with Crippen LogP contribution in [0.25, 0.3) is 0 Å². The number of phenols is 2. The third kappa shape index (κ3) is 7.56. The molecule has 10 heteroatoms. The molecule has 3 aromatic rings. The van der Waals surface area contributed by atoms with Gasteiger partial charge in [-0.3, -0.25) is 9.59 Å². The largest absolute Gasteiger partial charge is 0.508 e. The Kier molecular flexibility index (Phi) is 11.0. The van der Waals surface area contributed by atoms with Crippen LogP contribution >= 0.6 is 0 Å². The second kappa shape index (κ2) is 16.0. The van der Waals surface area contributed by atoms with Crippen molar-refractivity contribution >= 4 is 17.7 Å². The smallest absolute Gasteiger partial charge is 0.334 e. The monoisotopic (exact) mass is 788 g/mol. The number of hydrogen-bond acceptors (Lipinski definition) is 10. The van der Waals surface area contributed by atoms with E-state index in [0.717, 1.165) is 24.0 Å². The molecule has 10 nitrogen and oxygen atoms in total. The van der Waals surface area contributed by atoms with Crippen molar-refractivity contribution in [1.82, 2.24) is 0 Å². The highest BCUT2D eigenvalue weighted by molar-refractivity contribution is 5.89. The van der Waals surface area contributed by atoms with Crippen molar-refractivity contribution in [2.45, 2.75) is 132 Å². The van der Waals surface area contributed by atoms with E-state index in [9.17, 15) is 35.1 Å². The molecule has 0 aromatic heterocycles. The molecule has 3 aromatic carbocycles. The summed E-state index contributed by atoms with van der Waals surface area (Å²) in [5.41, 5.74) is 1.57. The number of benzene rings is 3. The summed E-state index contributed by atoms with van der Waals surface area (Å²) in [6.45, 7) is 1.59. The van der Waals surface area contributed by atoms with Gasteiger partial charge in [0.1, 0.15) is 34.7 Å². The molecule has 3 heterocycles. The number of aliphatic hydroxyl groups is 3. The van der Waals surface area contributed by atoms with Gasteiger partial charge in [-0.2, -0.15) is 0 Å². The van der Waals surface area contributed by atoms with Gasteiger partial charge < -0.3 is 35.0 Å². The van der Waals surface area contributed by atoms with E-state index >= 15 is 4.79 Å². The molecule has 1 spiro atoms. The number of Topliss-reactive ketones (excluding diaryl/α,β-unsaturated/α-hetero) is 1. The molecule has 0 amide bonds. The lowest BCUT2D eigenvalue weighted by atomic mass is 9.66. The lowest BCUT2D eigenvalue weighted by molar-refractivity contribution is -0.176. The number of rotatable bonds is 4. The minimum absolute atomic E-state index is 0.0703. The van der Waals surface area contributed by atoms with Crippen LogP contribution in [0.3, 0.4) is 0 Å². The summed E-state index contributed by atoms with van der Waals surface area (Å²) in [7, 11) is 0. The Morgan fingerprint density at radius 3 is 2.48 bits per heavy atom. The fraction of sp³-hybridized carbons (Fsp3) is 0.479. The predicted molar refractivity (Wildman–Crippen MR) is 214 cm³/mol. The summed E-state index contributed by atoms with van der Waals surface area (Å²) in [6.07, 6.45) is 4.45. The summed E-state index contributed by atoms with van der Waals surface area (Å²) >= 11 is 0. The van der Waals surface area contributed by atoms with Crippen molar-refractivity contribution in [1.29, 1.82) is 0 Å². The molecule has 5 aliphatic rings. The zero-order valence-corrected chi connectivity index (χ0v) is 32.9. The van der Waals surface area contributed by atoms with E-state index < -0.39 is 52.9 Å². The minimum atomic E-state index is -1.62. The maximum atomic E-state index is 15.1. The standard InChI is InChI=1S/C48H52O10/c1-2-12-48(56)37-10-11-40(51)33(20-37)15-28-6-5-7-36(17-28)47(13-3-4-14-47)43(53)23-35-19-30(32-16-29(27-49)18-38(50)21-32)8-9-31-25-45(54)57-42-26-41(52)34(22-39(31)42)24-44(48)58-46(35)55/h5-7,16-18,21-23,26,30-31,33,37,43-44,49-50,52-53,56H,2-4,10-15,19-20,24-25,27H2,1H3.